The first kappa shape index (κ1) is 39.7. The van der Waals surface area contributed by atoms with E-state index in [0.29, 0.717) is 41.8 Å². The Morgan fingerprint density at radius 2 is 1.58 bits per heavy atom. The van der Waals surface area contributed by atoms with E-state index in [4.69, 9.17) is 14.2 Å². The summed E-state index contributed by atoms with van der Waals surface area (Å²) in [6, 6.07) is 14.9. The fourth-order valence-electron chi connectivity index (χ4n) is 8.74. The Balaban J connectivity index is 0.789. The second-order valence-electron chi connectivity index (χ2n) is 16.1. The lowest BCUT2D eigenvalue weighted by molar-refractivity contribution is -0.0851. The number of carboxylic acids is 1. The molecule has 12 nitrogen and oxygen atoms in total. The summed E-state index contributed by atoms with van der Waals surface area (Å²) in [5.74, 6) is 2.73. The predicted octanol–water partition coefficient (Wildman–Crippen LogP) is 6.55. The van der Waals surface area contributed by atoms with E-state index in [1.54, 1.807) is 35.2 Å². The molecule has 0 aliphatic carbocycles. The van der Waals surface area contributed by atoms with Crippen LogP contribution in [0.15, 0.2) is 73.1 Å². The summed E-state index contributed by atoms with van der Waals surface area (Å²) in [7, 11) is 0. The van der Waals surface area contributed by atoms with Crippen molar-refractivity contribution in [1.82, 2.24) is 29.4 Å². The quantitative estimate of drug-likeness (QED) is 0.113. The smallest absolute Gasteiger partial charge is 0.335 e. The first-order valence-electron chi connectivity index (χ1n) is 20.5. The minimum Gasteiger partial charge on any atom is -0.478 e. The van der Waals surface area contributed by atoms with Gasteiger partial charge in [-0.3, -0.25) is 4.90 Å². The maximum absolute atomic E-state index is 15.7. The van der Waals surface area contributed by atoms with Crippen LogP contribution >= 0.6 is 0 Å². The molecule has 0 saturated carbocycles. The zero-order valence-corrected chi connectivity index (χ0v) is 33.2. The zero-order chi connectivity index (χ0) is 42.5. The lowest BCUT2D eigenvalue weighted by Crippen LogP contribution is -2.62. The molecule has 3 atom stereocenters. The average Bonchev–Trinajstić information content (AvgIpc) is 3.69. The number of aromatic carboxylic acids is 1. The molecule has 3 aromatic carbocycles. The maximum atomic E-state index is 15.7. The third-order valence-electron chi connectivity index (χ3n) is 12.1. The van der Waals surface area contributed by atoms with Crippen LogP contribution in [0.1, 0.15) is 57.7 Å². The van der Waals surface area contributed by atoms with Crippen molar-refractivity contribution in [2.75, 3.05) is 37.8 Å². The molecule has 0 radical (unpaired) electrons. The Bertz CT molecular complexity index is 2750. The number of imidazole rings is 1. The number of carbonyl (C=O) groups is 1. The van der Waals surface area contributed by atoms with Crippen molar-refractivity contribution in [2.24, 2.45) is 0 Å². The summed E-state index contributed by atoms with van der Waals surface area (Å²) in [4.78, 5) is 34.4. The van der Waals surface area contributed by atoms with Crippen molar-refractivity contribution in [3.63, 3.8) is 0 Å². The first-order chi connectivity index (χ1) is 30.1. The number of halogens is 4. The molecule has 4 saturated heterocycles. The van der Waals surface area contributed by atoms with Crippen molar-refractivity contribution < 1.29 is 41.7 Å². The van der Waals surface area contributed by atoms with Crippen LogP contribution in [-0.4, -0.2) is 97.6 Å². The largest absolute Gasteiger partial charge is 0.478 e. The molecule has 0 amide bonds. The van der Waals surface area contributed by atoms with Crippen molar-refractivity contribution in [2.45, 2.75) is 63.1 Å². The van der Waals surface area contributed by atoms with Gasteiger partial charge in [0.1, 0.15) is 35.4 Å². The number of hydrogen-bond donors (Lipinski definition) is 1. The third kappa shape index (κ3) is 7.83. The van der Waals surface area contributed by atoms with E-state index in [1.165, 1.54) is 37.1 Å². The summed E-state index contributed by atoms with van der Waals surface area (Å²) in [6.07, 6.45) is 6.03. The van der Waals surface area contributed by atoms with Crippen LogP contribution in [0.3, 0.4) is 0 Å². The minimum absolute atomic E-state index is 0.0509. The van der Waals surface area contributed by atoms with Crippen molar-refractivity contribution in [3.05, 3.63) is 130 Å². The summed E-state index contributed by atoms with van der Waals surface area (Å²) < 4.78 is 80.0. The van der Waals surface area contributed by atoms with Crippen LogP contribution in [0.2, 0.25) is 0 Å². The Kier molecular flexibility index (Phi) is 10.5. The Hall–Kier alpha value is -6.41. The van der Waals surface area contributed by atoms with E-state index in [2.05, 4.69) is 41.6 Å². The molecule has 4 aliphatic rings. The number of aromatic nitrogens is 5. The van der Waals surface area contributed by atoms with Crippen LogP contribution < -0.4 is 9.64 Å². The summed E-state index contributed by atoms with van der Waals surface area (Å²) in [6.45, 7) is 4.00. The molecule has 7 heterocycles. The molecule has 316 valence electrons. The van der Waals surface area contributed by atoms with Gasteiger partial charge >= 0.3 is 5.97 Å². The van der Waals surface area contributed by atoms with Crippen LogP contribution in [0.4, 0.5) is 23.5 Å². The Morgan fingerprint density at radius 1 is 0.823 bits per heavy atom. The fraction of sp³-hybridized carbons (Fsp3) is 0.326. The number of nitrogens with zero attached hydrogens (tertiary/aromatic N) is 7. The lowest BCUT2D eigenvalue weighted by Gasteiger charge is -2.47. The highest BCUT2D eigenvalue weighted by atomic mass is 19.1. The number of carboxylic acid groups (broad SMARTS) is 1. The average molecular weight is 846 g/mol. The molecule has 62 heavy (non-hydrogen) atoms. The van der Waals surface area contributed by atoms with E-state index < -0.39 is 29.2 Å². The van der Waals surface area contributed by atoms with E-state index in [-0.39, 0.29) is 76.4 Å². The van der Waals surface area contributed by atoms with Gasteiger partial charge in [0.25, 0.3) is 0 Å². The fourth-order valence-corrected chi connectivity index (χ4v) is 8.74. The number of rotatable bonds is 11. The predicted molar refractivity (Wildman–Crippen MR) is 218 cm³/mol. The van der Waals surface area contributed by atoms with Crippen LogP contribution in [-0.2, 0) is 29.0 Å². The van der Waals surface area contributed by atoms with Gasteiger partial charge in [-0.1, -0.05) is 24.0 Å². The maximum Gasteiger partial charge on any atom is 0.335 e. The van der Waals surface area contributed by atoms with Crippen molar-refractivity contribution >= 4 is 23.0 Å². The first-order valence-corrected chi connectivity index (χ1v) is 20.5. The van der Waals surface area contributed by atoms with Crippen LogP contribution in [0.5, 0.6) is 5.88 Å². The zero-order valence-electron chi connectivity index (χ0n) is 33.2. The Morgan fingerprint density at radius 3 is 2.27 bits per heavy atom. The number of fused-ring (bicyclic) bond motifs is 3. The molecule has 0 spiro atoms. The van der Waals surface area contributed by atoms with Gasteiger partial charge in [0.05, 0.1) is 54.2 Å². The number of benzene rings is 3. The normalized spacial score (nSPS) is 19.8. The highest BCUT2D eigenvalue weighted by Crippen LogP contribution is 2.35. The number of anilines is 1. The second kappa shape index (κ2) is 16.5. The van der Waals surface area contributed by atoms with Gasteiger partial charge in [0, 0.05) is 73.4 Å². The number of ether oxygens (including phenoxy) is 3. The Labute approximate surface area is 353 Å². The van der Waals surface area contributed by atoms with E-state index >= 15 is 17.6 Å². The van der Waals surface area contributed by atoms with Gasteiger partial charge in [-0.15, -0.1) is 0 Å². The van der Waals surface area contributed by atoms with E-state index in [1.807, 2.05) is 0 Å². The molecule has 4 fully saturated rings. The molecule has 3 aromatic heterocycles. The van der Waals surface area contributed by atoms with Gasteiger partial charge in [-0.25, -0.2) is 42.3 Å². The molecular weight excluding hydrogens is 807 g/mol. The molecule has 16 heteroatoms. The molecule has 2 bridgehead atoms. The van der Waals surface area contributed by atoms with E-state index in [9.17, 15) is 9.90 Å². The monoisotopic (exact) mass is 845 g/mol. The van der Waals surface area contributed by atoms with Crippen LogP contribution in [0.25, 0.3) is 22.3 Å². The molecule has 2 unspecified atom stereocenters. The topological polar surface area (TPSA) is 128 Å². The summed E-state index contributed by atoms with van der Waals surface area (Å²) in [5.41, 5.74) is 1.08. The number of hydrogen-bond acceptors (Lipinski definition) is 10. The van der Waals surface area contributed by atoms with Gasteiger partial charge in [-0.2, -0.15) is 0 Å². The summed E-state index contributed by atoms with van der Waals surface area (Å²) in [5, 5.41) is 9.50. The van der Waals surface area contributed by atoms with Gasteiger partial charge in [0.15, 0.2) is 5.82 Å². The SMILES string of the molecule is O=C(O)c1cc(F)c2nc(Cc3cc(F)c(-c4cccc(OCc5ccc(C#Cc6cnc(N7CC8CCC(C7)N8C7COC7)nc6)cc5F)n4)cc3F)n(C[C@@H]3CCO3)c2c1. The highest BCUT2D eigenvalue weighted by Gasteiger charge is 2.45. The highest BCUT2D eigenvalue weighted by molar-refractivity contribution is 5.92. The summed E-state index contributed by atoms with van der Waals surface area (Å²) >= 11 is 0. The van der Waals surface area contributed by atoms with Gasteiger partial charge < -0.3 is 28.8 Å². The lowest BCUT2D eigenvalue weighted by atomic mass is 10.0. The second-order valence-corrected chi connectivity index (χ2v) is 16.1. The van der Waals surface area contributed by atoms with Crippen molar-refractivity contribution in [3.8, 4) is 29.0 Å². The molecule has 6 aromatic rings. The van der Waals surface area contributed by atoms with Gasteiger partial charge in [0.2, 0.25) is 11.8 Å². The minimum atomic E-state index is -1.31. The van der Waals surface area contributed by atoms with Crippen LogP contribution in [0, 0.1) is 35.1 Å². The number of piperazine rings is 1. The molecular formula is C46H39F4N7O5. The van der Waals surface area contributed by atoms with Crippen molar-refractivity contribution in [1.29, 1.82) is 0 Å². The molecule has 1 N–H and O–H groups in total. The molecule has 4 aliphatic heterocycles. The van der Waals surface area contributed by atoms with Gasteiger partial charge in [-0.05, 0) is 67.3 Å². The molecule has 10 rings (SSSR count). The standard InChI is InChI=1S/C46H39F4N7O5/c47-36-12-26(4-5-27-18-51-46(52-19-27)55-20-31-8-9-32(21-55)57(31)33-24-60-25-33)6-7-28(36)23-62-43-3-1-2-40(53-43)35-17-37(48)29(13-38(35)49)16-42-54-44-39(50)14-30(45(58)59)15-41(44)56(42)22-34-10-11-61-34/h1-3,6-7,12-15,17-19,31-34H,8-11,16,20-25H2,(H,58,59)/t31?,32?,34-/m0/s1. The number of pyridine rings is 1. The third-order valence-corrected chi connectivity index (χ3v) is 12.1. The van der Waals surface area contributed by atoms with E-state index in [0.717, 1.165) is 50.9 Å².